The molecular formula is C24H26P2. The van der Waals surface area contributed by atoms with Crippen LogP contribution in [0, 0.1) is 0 Å². The van der Waals surface area contributed by atoms with Gasteiger partial charge in [-0.15, -0.1) is 0 Å². The molecule has 2 heteroatoms. The predicted octanol–water partition coefficient (Wildman–Crippen LogP) is 5.12. The van der Waals surface area contributed by atoms with Gasteiger partial charge in [0.15, 0.2) is 0 Å². The molecular weight excluding hydrogens is 350 g/mol. The molecule has 0 radical (unpaired) electrons. The van der Waals surface area contributed by atoms with Crippen LogP contribution in [-0.4, -0.2) is 11.3 Å². The predicted molar refractivity (Wildman–Crippen MR) is 120 cm³/mol. The van der Waals surface area contributed by atoms with Crippen LogP contribution in [0.5, 0.6) is 0 Å². The van der Waals surface area contributed by atoms with Crippen molar-refractivity contribution >= 4 is 37.1 Å². The van der Waals surface area contributed by atoms with Crippen LogP contribution in [0.15, 0.2) is 84.9 Å². The Hall–Kier alpha value is -1.48. The van der Waals surface area contributed by atoms with Crippen LogP contribution in [-0.2, 0) is 0 Å². The van der Waals surface area contributed by atoms with Crippen molar-refractivity contribution in [1.29, 1.82) is 0 Å². The highest BCUT2D eigenvalue weighted by Gasteiger charge is 2.33. The fourth-order valence-electron chi connectivity index (χ4n) is 4.12. The van der Waals surface area contributed by atoms with Crippen molar-refractivity contribution in [2.75, 3.05) is 0 Å². The molecule has 3 aromatic carbocycles. The second-order valence-corrected chi connectivity index (χ2v) is 12.4. The lowest BCUT2D eigenvalue weighted by molar-refractivity contribution is 0.777. The molecule has 3 aromatic rings. The number of benzene rings is 3. The Morgan fingerprint density at radius 1 is 0.654 bits per heavy atom. The van der Waals surface area contributed by atoms with Crippen LogP contribution in [0.1, 0.15) is 26.7 Å². The third-order valence-electron chi connectivity index (χ3n) is 5.38. The van der Waals surface area contributed by atoms with E-state index in [1.165, 1.54) is 23.5 Å². The van der Waals surface area contributed by atoms with E-state index in [-0.39, 0.29) is 7.92 Å². The van der Waals surface area contributed by atoms with Gasteiger partial charge in [0.05, 0.1) is 0 Å². The lowest BCUT2D eigenvalue weighted by atomic mass is 10.2. The Morgan fingerprint density at radius 3 is 1.65 bits per heavy atom. The Morgan fingerprint density at radius 2 is 1.12 bits per heavy atom. The molecule has 1 saturated heterocycles. The van der Waals surface area contributed by atoms with Crippen LogP contribution in [0.3, 0.4) is 0 Å². The zero-order valence-corrected chi connectivity index (χ0v) is 17.3. The van der Waals surface area contributed by atoms with E-state index in [9.17, 15) is 0 Å². The molecule has 0 bridgehead atoms. The number of hydrogen-bond acceptors (Lipinski definition) is 0. The maximum absolute atomic E-state index is 2.47. The van der Waals surface area contributed by atoms with Crippen molar-refractivity contribution in [3.05, 3.63) is 84.9 Å². The summed E-state index contributed by atoms with van der Waals surface area (Å²) in [7, 11) is -0.585. The zero-order valence-electron chi connectivity index (χ0n) is 15.5. The highest BCUT2D eigenvalue weighted by molar-refractivity contribution is 7.82. The van der Waals surface area contributed by atoms with Crippen molar-refractivity contribution in [2.24, 2.45) is 0 Å². The van der Waals surface area contributed by atoms with Gasteiger partial charge in [-0.1, -0.05) is 107 Å². The fourth-order valence-corrected chi connectivity index (χ4v) is 10.4. The zero-order chi connectivity index (χ0) is 17.9. The SMILES string of the molecule is C[C@H]1CC[C@H](C)P1c1ccccc1P(c1ccccc1)c1ccccc1. The van der Waals surface area contributed by atoms with Gasteiger partial charge in [0.2, 0.25) is 0 Å². The first-order valence-corrected chi connectivity index (χ1v) is 12.4. The molecule has 0 nitrogen and oxygen atoms in total. The molecule has 0 saturated carbocycles. The van der Waals surface area contributed by atoms with Crippen LogP contribution >= 0.6 is 15.8 Å². The molecule has 4 rings (SSSR count). The lowest BCUT2D eigenvalue weighted by Crippen LogP contribution is -2.32. The van der Waals surface area contributed by atoms with Crippen LogP contribution in [0.25, 0.3) is 0 Å². The first-order valence-electron chi connectivity index (χ1n) is 9.53. The summed E-state index contributed by atoms with van der Waals surface area (Å²) in [5, 5.41) is 6.14. The molecule has 1 aliphatic heterocycles. The van der Waals surface area contributed by atoms with E-state index < -0.39 is 7.92 Å². The first kappa shape index (κ1) is 17.9. The van der Waals surface area contributed by atoms with Crippen molar-refractivity contribution in [2.45, 2.75) is 38.0 Å². The van der Waals surface area contributed by atoms with E-state index in [0.29, 0.717) is 0 Å². The summed E-state index contributed by atoms with van der Waals surface area (Å²) in [5.74, 6) is 0. The van der Waals surface area contributed by atoms with Crippen molar-refractivity contribution in [1.82, 2.24) is 0 Å². The van der Waals surface area contributed by atoms with Crippen LogP contribution < -0.4 is 21.2 Å². The van der Waals surface area contributed by atoms with E-state index in [1.807, 2.05) is 0 Å². The molecule has 2 atom stereocenters. The average Bonchev–Trinajstić information content (AvgIpc) is 3.02. The summed E-state index contributed by atoms with van der Waals surface area (Å²) < 4.78 is 0. The van der Waals surface area contributed by atoms with Gasteiger partial charge in [0.1, 0.15) is 0 Å². The van der Waals surface area contributed by atoms with E-state index >= 15 is 0 Å². The lowest BCUT2D eigenvalue weighted by Gasteiger charge is -2.28. The van der Waals surface area contributed by atoms with E-state index in [0.717, 1.165) is 11.3 Å². The minimum Gasteiger partial charge on any atom is -0.0688 e. The molecule has 1 aliphatic rings. The van der Waals surface area contributed by atoms with E-state index in [4.69, 9.17) is 0 Å². The minimum absolute atomic E-state index is 0.0804. The molecule has 0 spiro atoms. The largest absolute Gasteiger partial charge is 0.0688 e. The monoisotopic (exact) mass is 376 g/mol. The highest BCUT2D eigenvalue weighted by atomic mass is 31.1. The average molecular weight is 376 g/mol. The van der Waals surface area contributed by atoms with Gasteiger partial charge >= 0.3 is 0 Å². The van der Waals surface area contributed by atoms with Crippen LogP contribution in [0.2, 0.25) is 0 Å². The van der Waals surface area contributed by atoms with Gasteiger partial charge in [0.25, 0.3) is 0 Å². The van der Waals surface area contributed by atoms with Gasteiger partial charge in [0, 0.05) is 0 Å². The van der Waals surface area contributed by atoms with Gasteiger partial charge in [-0.25, -0.2) is 0 Å². The van der Waals surface area contributed by atoms with Gasteiger partial charge < -0.3 is 0 Å². The fraction of sp³-hybridized carbons (Fsp3) is 0.250. The Bertz CT molecular complexity index is 795. The summed E-state index contributed by atoms with van der Waals surface area (Å²) in [4.78, 5) is 0. The second-order valence-electron chi connectivity index (χ2n) is 7.18. The summed E-state index contributed by atoms with van der Waals surface area (Å²) >= 11 is 0. The minimum atomic E-state index is -0.505. The molecule has 1 heterocycles. The molecule has 132 valence electrons. The Labute approximate surface area is 160 Å². The third kappa shape index (κ3) is 3.51. The molecule has 0 unspecified atom stereocenters. The number of rotatable bonds is 4. The van der Waals surface area contributed by atoms with Crippen molar-refractivity contribution < 1.29 is 0 Å². The first-order chi connectivity index (χ1) is 12.8. The summed E-state index contributed by atoms with van der Waals surface area (Å²) in [6, 6.07) is 31.5. The van der Waals surface area contributed by atoms with Crippen molar-refractivity contribution in [3.63, 3.8) is 0 Å². The molecule has 0 aromatic heterocycles. The van der Waals surface area contributed by atoms with E-state index in [1.54, 1.807) is 10.6 Å². The quantitative estimate of drug-likeness (QED) is 0.554. The molecule has 26 heavy (non-hydrogen) atoms. The van der Waals surface area contributed by atoms with Gasteiger partial charge in [-0.3, -0.25) is 0 Å². The summed E-state index contributed by atoms with van der Waals surface area (Å²) in [6.07, 6.45) is 2.77. The highest BCUT2D eigenvalue weighted by Crippen LogP contribution is 2.55. The summed E-state index contributed by atoms with van der Waals surface area (Å²) in [6.45, 7) is 4.94. The topological polar surface area (TPSA) is 0 Å². The molecule has 0 aliphatic carbocycles. The second kappa shape index (κ2) is 8.04. The third-order valence-corrected chi connectivity index (χ3v) is 11.4. The van der Waals surface area contributed by atoms with Crippen molar-refractivity contribution in [3.8, 4) is 0 Å². The summed E-state index contributed by atoms with van der Waals surface area (Å²) in [5.41, 5.74) is 1.68. The van der Waals surface area contributed by atoms with Gasteiger partial charge in [-0.2, -0.15) is 0 Å². The van der Waals surface area contributed by atoms with Gasteiger partial charge in [-0.05, 0) is 53.3 Å². The normalized spacial score (nSPS) is 20.6. The molecule has 0 amide bonds. The Kier molecular flexibility index (Phi) is 5.54. The Balaban J connectivity index is 1.88. The van der Waals surface area contributed by atoms with E-state index in [2.05, 4.69) is 98.8 Å². The molecule has 1 fully saturated rings. The molecule has 0 N–H and O–H groups in total. The maximum atomic E-state index is 2.47. The maximum Gasteiger partial charge on any atom is -0.00740 e. The smallest absolute Gasteiger partial charge is 0.00740 e. The van der Waals surface area contributed by atoms with Crippen LogP contribution in [0.4, 0.5) is 0 Å². The number of hydrogen-bond donors (Lipinski definition) is 0. The standard InChI is InChI=1S/C24H26P2/c1-19-17-18-20(2)25(19)23-15-9-10-16-24(23)26(21-11-5-3-6-12-21)22-13-7-4-8-14-22/h3-16,19-20H,17-18H2,1-2H3/t19-,20-/m0/s1.